The van der Waals surface area contributed by atoms with Crippen LogP contribution in [0.15, 0.2) is 35.5 Å². The SMILES string of the molecule is CCC(Sc1nc(C)cc(C)n1)C(=O)Nc1ccc([N+](=O)[O-])cc1. The second-order valence-electron chi connectivity index (χ2n) is 5.24. The number of hydrogen-bond acceptors (Lipinski definition) is 6. The van der Waals surface area contributed by atoms with Crippen LogP contribution in [0.4, 0.5) is 11.4 Å². The molecule has 1 unspecified atom stereocenters. The van der Waals surface area contributed by atoms with Gasteiger partial charge in [-0.25, -0.2) is 9.97 Å². The third-order valence-corrected chi connectivity index (χ3v) is 4.44. The second kappa shape index (κ2) is 7.87. The lowest BCUT2D eigenvalue weighted by molar-refractivity contribution is -0.384. The van der Waals surface area contributed by atoms with Gasteiger partial charge in [-0.2, -0.15) is 0 Å². The van der Waals surface area contributed by atoms with Gasteiger partial charge in [-0.15, -0.1) is 0 Å². The molecule has 8 heteroatoms. The maximum Gasteiger partial charge on any atom is 0.269 e. The highest BCUT2D eigenvalue weighted by molar-refractivity contribution is 8.00. The fourth-order valence-corrected chi connectivity index (χ4v) is 3.07. The van der Waals surface area contributed by atoms with Gasteiger partial charge in [0, 0.05) is 29.2 Å². The van der Waals surface area contributed by atoms with Gasteiger partial charge in [-0.1, -0.05) is 18.7 Å². The maximum atomic E-state index is 12.4. The number of nitro groups is 1. The number of nitrogens with one attached hydrogen (secondary N) is 1. The van der Waals surface area contributed by atoms with E-state index in [4.69, 9.17) is 0 Å². The minimum atomic E-state index is -0.478. The van der Waals surface area contributed by atoms with Gasteiger partial charge in [0.1, 0.15) is 0 Å². The number of anilines is 1. The zero-order valence-corrected chi connectivity index (χ0v) is 14.5. The topological polar surface area (TPSA) is 98.0 Å². The molecule has 1 aromatic heterocycles. The van der Waals surface area contributed by atoms with Crippen LogP contribution in [0.3, 0.4) is 0 Å². The summed E-state index contributed by atoms with van der Waals surface area (Å²) in [6.45, 7) is 5.68. The van der Waals surface area contributed by atoms with Gasteiger partial charge in [0.05, 0.1) is 10.2 Å². The summed E-state index contributed by atoms with van der Waals surface area (Å²) in [5.74, 6) is -0.181. The zero-order chi connectivity index (χ0) is 17.7. The van der Waals surface area contributed by atoms with Gasteiger partial charge in [0.25, 0.3) is 5.69 Å². The van der Waals surface area contributed by atoms with Crippen molar-refractivity contribution in [1.82, 2.24) is 9.97 Å². The molecule has 1 aromatic carbocycles. The van der Waals surface area contributed by atoms with E-state index in [0.29, 0.717) is 17.3 Å². The van der Waals surface area contributed by atoms with Crippen LogP contribution < -0.4 is 5.32 Å². The van der Waals surface area contributed by atoms with E-state index < -0.39 is 4.92 Å². The van der Waals surface area contributed by atoms with Gasteiger partial charge >= 0.3 is 0 Å². The lowest BCUT2D eigenvalue weighted by Crippen LogP contribution is -2.24. The summed E-state index contributed by atoms with van der Waals surface area (Å²) in [6.07, 6.45) is 0.611. The van der Waals surface area contributed by atoms with E-state index >= 15 is 0 Å². The van der Waals surface area contributed by atoms with Crippen molar-refractivity contribution >= 4 is 29.0 Å². The summed E-state index contributed by atoms with van der Waals surface area (Å²) in [4.78, 5) is 31.3. The smallest absolute Gasteiger partial charge is 0.269 e. The highest BCUT2D eigenvalue weighted by atomic mass is 32.2. The molecule has 0 saturated carbocycles. The normalized spacial score (nSPS) is 11.8. The van der Waals surface area contributed by atoms with Crippen molar-refractivity contribution < 1.29 is 9.72 Å². The minimum absolute atomic E-state index is 0.0157. The van der Waals surface area contributed by atoms with Crippen LogP contribution in [-0.4, -0.2) is 26.0 Å². The largest absolute Gasteiger partial charge is 0.325 e. The molecule has 1 heterocycles. The van der Waals surface area contributed by atoms with Crippen molar-refractivity contribution in [1.29, 1.82) is 0 Å². The lowest BCUT2D eigenvalue weighted by Gasteiger charge is -2.14. The van der Waals surface area contributed by atoms with Gasteiger partial charge in [0.15, 0.2) is 5.16 Å². The zero-order valence-electron chi connectivity index (χ0n) is 13.6. The molecule has 0 fully saturated rings. The standard InChI is InChI=1S/C16H18N4O3S/c1-4-14(24-16-17-10(2)9-11(3)18-16)15(21)19-12-5-7-13(8-6-12)20(22)23/h5-9,14H,4H2,1-3H3,(H,19,21). The molecule has 0 spiro atoms. The Bertz CT molecular complexity index is 729. The van der Waals surface area contributed by atoms with Crippen LogP contribution in [0.2, 0.25) is 0 Å². The van der Waals surface area contributed by atoms with E-state index in [1.165, 1.54) is 36.0 Å². The quantitative estimate of drug-likeness (QED) is 0.372. The van der Waals surface area contributed by atoms with E-state index in [1.807, 2.05) is 26.8 Å². The molecule has 0 bridgehead atoms. The van der Waals surface area contributed by atoms with Crippen molar-refractivity contribution in [2.75, 3.05) is 5.32 Å². The highest BCUT2D eigenvalue weighted by Gasteiger charge is 2.20. The first-order valence-electron chi connectivity index (χ1n) is 7.43. The number of aromatic nitrogens is 2. The minimum Gasteiger partial charge on any atom is -0.325 e. The first kappa shape index (κ1) is 17.9. The lowest BCUT2D eigenvalue weighted by atomic mass is 10.2. The van der Waals surface area contributed by atoms with E-state index in [0.717, 1.165) is 11.4 Å². The Morgan fingerprint density at radius 2 is 1.83 bits per heavy atom. The molecule has 1 amide bonds. The fraction of sp³-hybridized carbons (Fsp3) is 0.312. The average Bonchev–Trinajstić information content (AvgIpc) is 2.52. The molecule has 2 rings (SSSR count). The van der Waals surface area contributed by atoms with Crippen molar-refractivity contribution in [2.24, 2.45) is 0 Å². The number of rotatable bonds is 6. The van der Waals surface area contributed by atoms with Crippen molar-refractivity contribution in [3.05, 3.63) is 51.8 Å². The van der Waals surface area contributed by atoms with Crippen LogP contribution >= 0.6 is 11.8 Å². The molecule has 126 valence electrons. The molecule has 7 nitrogen and oxygen atoms in total. The fourth-order valence-electron chi connectivity index (χ4n) is 2.09. The first-order chi connectivity index (χ1) is 11.4. The molecule has 0 aliphatic carbocycles. The van der Waals surface area contributed by atoms with Crippen LogP contribution in [0.1, 0.15) is 24.7 Å². The predicted octanol–water partition coefficient (Wildman–Crippen LogP) is 3.51. The molecule has 0 saturated heterocycles. The Hall–Kier alpha value is -2.48. The molecule has 24 heavy (non-hydrogen) atoms. The van der Waals surface area contributed by atoms with Crippen molar-refractivity contribution in [2.45, 2.75) is 37.6 Å². The third kappa shape index (κ3) is 4.76. The maximum absolute atomic E-state index is 12.4. The molecular formula is C16H18N4O3S. The van der Waals surface area contributed by atoms with E-state index in [1.54, 1.807) is 0 Å². The number of thioether (sulfide) groups is 1. The number of nitrogens with zero attached hydrogens (tertiary/aromatic N) is 3. The number of nitro benzene ring substituents is 1. The summed E-state index contributed by atoms with van der Waals surface area (Å²) in [5, 5.41) is 13.6. The Kier molecular flexibility index (Phi) is 5.86. The van der Waals surface area contributed by atoms with E-state index in [-0.39, 0.29) is 16.8 Å². The van der Waals surface area contributed by atoms with Gasteiger partial charge in [-0.05, 0) is 38.5 Å². The molecule has 0 radical (unpaired) electrons. The van der Waals surface area contributed by atoms with E-state index in [2.05, 4.69) is 15.3 Å². The van der Waals surface area contributed by atoms with Crippen LogP contribution in [-0.2, 0) is 4.79 Å². The summed E-state index contributed by atoms with van der Waals surface area (Å²) in [5.41, 5.74) is 2.22. The molecule has 0 aliphatic heterocycles. The number of carbonyl (C=O) groups excluding carboxylic acids is 1. The van der Waals surface area contributed by atoms with Gasteiger partial charge < -0.3 is 5.32 Å². The monoisotopic (exact) mass is 346 g/mol. The Morgan fingerprint density at radius 1 is 1.25 bits per heavy atom. The van der Waals surface area contributed by atoms with Crippen molar-refractivity contribution in [3.8, 4) is 0 Å². The molecule has 0 aliphatic rings. The Labute approximate surface area is 144 Å². The Balaban J connectivity index is 2.06. The number of hydrogen-bond donors (Lipinski definition) is 1. The van der Waals surface area contributed by atoms with Gasteiger partial charge in [0.2, 0.25) is 5.91 Å². The third-order valence-electron chi connectivity index (χ3n) is 3.22. The summed E-state index contributed by atoms with van der Waals surface area (Å²) >= 11 is 1.31. The van der Waals surface area contributed by atoms with Crippen LogP contribution in [0.5, 0.6) is 0 Å². The highest BCUT2D eigenvalue weighted by Crippen LogP contribution is 2.24. The number of amides is 1. The molecular weight excluding hydrogens is 328 g/mol. The van der Waals surface area contributed by atoms with Crippen LogP contribution in [0.25, 0.3) is 0 Å². The second-order valence-corrected chi connectivity index (χ2v) is 6.41. The number of benzene rings is 1. The van der Waals surface area contributed by atoms with Crippen LogP contribution in [0, 0.1) is 24.0 Å². The van der Waals surface area contributed by atoms with Gasteiger partial charge in [-0.3, -0.25) is 14.9 Å². The summed E-state index contributed by atoms with van der Waals surface area (Å²) in [7, 11) is 0. The molecule has 2 aromatic rings. The Morgan fingerprint density at radius 3 is 2.33 bits per heavy atom. The number of carbonyl (C=O) groups is 1. The summed E-state index contributed by atoms with van der Waals surface area (Å²) < 4.78 is 0. The number of aryl methyl sites for hydroxylation is 2. The summed E-state index contributed by atoms with van der Waals surface area (Å²) in [6, 6.07) is 7.62. The molecule has 1 atom stereocenters. The predicted molar refractivity (Wildman–Crippen MR) is 93.2 cm³/mol. The van der Waals surface area contributed by atoms with Crippen molar-refractivity contribution in [3.63, 3.8) is 0 Å². The first-order valence-corrected chi connectivity index (χ1v) is 8.31. The number of non-ortho nitro benzene ring substituents is 1. The molecule has 1 N–H and O–H groups in total. The average molecular weight is 346 g/mol. The van der Waals surface area contributed by atoms with E-state index in [9.17, 15) is 14.9 Å².